The highest BCUT2D eigenvalue weighted by Crippen LogP contribution is 2.30. The van der Waals surface area contributed by atoms with Crippen LogP contribution in [-0.2, 0) is 19.6 Å². The fourth-order valence-electron chi connectivity index (χ4n) is 3.82. The molecule has 0 bridgehead atoms. The maximum absolute atomic E-state index is 6.10. The van der Waals surface area contributed by atoms with Crippen molar-refractivity contribution in [3.63, 3.8) is 0 Å². The van der Waals surface area contributed by atoms with Crippen LogP contribution in [0.2, 0.25) is 10.0 Å². The Hall–Kier alpha value is -3.41. The van der Waals surface area contributed by atoms with E-state index in [0.717, 1.165) is 33.5 Å². The van der Waals surface area contributed by atoms with E-state index in [1.807, 2.05) is 77.6 Å². The summed E-state index contributed by atoms with van der Waals surface area (Å²) in [6, 6.07) is 26.0. The summed E-state index contributed by atoms with van der Waals surface area (Å²) >= 11 is 12.1. The summed E-state index contributed by atoms with van der Waals surface area (Å²) in [6.07, 6.45) is 3.43. The minimum atomic E-state index is 0.634. The third kappa shape index (κ3) is 5.00. The zero-order chi connectivity index (χ0) is 22.6. The van der Waals surface area contributed by atoms with Gasteiger partial charge in [-0.3, -0.25) is 0 Å². The molecule has 0 amide bonds. The molecule has 0 saturated heterocycles. The second kappa shape index (κ2) is 9.61. The molecule has 2 aliphatic heterocycles. The van der Waals surface area contributed by atoms with E-state index in [0.29, 0.717) is 24.7 Å². The van der Waals surface area contributed by atoms with Gasteiger partial charge in [0.25, 0.3) is 0 Å². The average molecular weight is 474 g/mol. The topological polar surface area (TPSA) is 46.8 Å². The van der Waals surface area contributed by atoms with Crippen LogP contribution in [0.25, 0.3) is 11.5 Å². The molecule has 5 rings (SSSR count). The molecule has 0 saturated carbocycles. The number of anilines is 1. The lowest BCUT2D eigenvalue weighted by Gasteiger charge is -2.26. The number of fused-ring (bicyclic) bond motifs is 1. The van der Waals surface area contributed by atoms with Crippen molar-refractivity contribution < 1.29 is 0 Å². The number of hydrogen-bond acceptors (Lipinski definition) is 4. The van der Waals surface area contributed by atoms with Gasteiger partial charge in [0.2, 0.25) is 0 Å². The van der Waals surface area contributed by atoms with E-state index in [4.69, 9.17) is 28.2 Å². The smallest absolute Gasteiger partial charge is 0.165 e. The molecule has 0 N–H and O–H groups in total. The van der Waals surface area contributed by atoms with Crippen molar-refractivity contribution in [2.45, 2.75) is 19.6 Å². The van der Waals surface area contributed by atoms with Crippen LogP contribution in [0.15, 0.2) is 91.5 Å². The first-order valence-corrected chi connectivity index (χ1v) is 11.3. The highest BCUT2D eigenvalue weighted by molar-refractivity contribution is 6.30. The molecule has 0 unspecified atom stereocenters. The van der Waals surface area contributed by atoms with E-state index in [2.05, 4.69) is 27.0 Å². The average Bonchev–Trinajstić information content (AvgIpc) is 3.33. The molecule has 5 nitrogen and oxygen atoms in total. The monoisotopic (exact) mass is 473 g/mol. The molecular formula is C26H21Cl2N5. The van der Waals surface area contributed by atoms with Crippen molar-refractivity contribution in [1.29, 1.82) is 0 Å². The first-order valence-electron chi connectivity index (χ1n) is 10.6. The molecule has 0 aliphatic carbocycles. The minimum Gasteiger partial charge on any atom is -0.346 e. The number of imidazole rings is 1. The quantitative estimate of drug-likeness (QED) is 0.276. The van der Waals surface area contributed by atoms with Gasteiger partial charge < -0.3 is 9.47 Å². The molecule has 0 spiro atoms. The van der Waals surface area contributed by atoms with Crippen molar-refractivity contribution in [2.24, 2.45) is 0 Å². The Morgan fingerprint density at radius 1 is 0.667 bits per heavy atom. The van der Waals surface area contributed by atoms with Gasteiger partial charge in [0.15, 0.2) is 17.3 Å². The highest BCUT2D eigenvalue weighted by Gasteiger charge is 2.22. The molecule has 0 aromatic heterocycles. The van der Waals surface area contributed by atoms with Gasteiger partial charge in [-0.05, 0) is 41.0 Å². The molecule has 2 heterocycles. The largest absolute Gasteiger partial charge is 0.346 e. The van der Waals surface area contributed by atoms with Crippen LogP contribution >= 0.6 is 23.2 Å². The Labute approximate surface area is 202 Å². The van der Waals surface area contributed by atoms with E-state index in [9.17, 15) is 0 Å². The Bertz CT molecular complexity index is 1300. The molecule has 2 aliphatic rings. The van der Waals surface area contributed by atoms with Gasteiger partial charge in [-0.1, -0.05) is 77.8 Å². The first-order chi connectivity index (χ1) is 16.2. The number of halogens is 2. The Balaban J connectivity index is 1.50. The molecule has 0 radical (unpaired) electrons. The molecule has 3 aromatic rings. The van der Waals surface area contributed by atoms with Crippen LogP contribution in [0, 0.1) is 0 Å². The number of aromatic nitrogens is 4. The summed E-state index contributed by atoms with van der Waals surface area (Å²) in [4.78, 5) is 16.2. The van der Waals surface area contributed by atoms with Gasteiger partial charge in [0, 0.05) is 23.1 Å². The third-order valence-electron chi connectivity index (χ3n) is 5.45. The molecule has 3 aromatic carbocycles. The summed E-state index contributed by atoms with van der Waals surface area (Å²) in [6.45, 7) is 2.00. The summed E-state index contributed by atoms with van der Waals surface area (Å²) in [5.41, 5.74) is 4.23. The molecule has 164 valence electrons. The maximum atomic E-state index is 6.10. The number of hydrogen-bond donors (Lipinski definition) is 0. The number of rotatable bonds is 7. The van der Waals surface area contributed by atoms with Crippen molar-refractivity contribution in [3.8, 4) is 11.5 Å². The van der Waals surface area contributed by atoms with Gasteiger partial charge >= 0.3 is 0 Å². The predicted molar refractivity (Wildman–Crippen MR) is 133 cm³/mol. The zero-order valence-electron chi connectivity index (χ0n) is 17.8. The normalized spacial score (nSPS) is 11.1. The lowest BCUT2D eigenvalue weighted by Crippen LogP contribution is -2.25. The van der Waals surface area contributed by atoms with Crippen molar-refractivity contribution in [1.82, 2.24) is 19.5 Å². The van der Waals surface area contributed by atoms with Crippen LogP contribution in [0.1, 0.15) is 16.7 Å². The minimum absolute atomic E-state index is 0.634. The highest BCUT2D eigenvalue weighted by atomic mass is 35.5. The van der Waals surface area contributed by atoms with E-state index >= 15 is 0 Å². The van der Waals surface area contributed by atoms with E-state index in [-0.39, 0.29) is 0 Å². The molecule has 33 heavy (non-hydrogen) atoms. The van der Waals surface area contributed by atoms with Gasteiger partial charge in [-0.25, -0.2) is 15.0 Å². The first kappa shape index (κ1) is 21.4. The zero-order valence-corrected chi connectivity index (χ0v) is 19.3. The predicted octanol–water partition coefficient (Wildman–Crippen LogP) is 6.34. The number of benzene rings is 3. The van der Waals surface area contributed by atoms with Gasteiger partial charge in [-0.2, -0.15) is 0 Å². The molecule has 7 heteroatoms. The maximum Gasteiger partial charge on any atom is 0.165 e. The number of nitrogens with zero attached hydrogens (tertiary/aromatic N) is 5. The Morgan fingerprint density at radius 2 is 1.27 bits per heavy atom. The molecular weight excluding hydrogens is 453 g/mol. The fourth-order valence-corrected chi connectivity index (χ4v) is 4.07. The lowest BCUT2D eigenvalue weighted by atomic mass is 10.1. The van der Waals surface area contributed by atoms with Gasteiger partial charge in [0.1, 0.15) is 6.33 Å². The molecule has 0 atom stereocenters. The van der Waals surface area contributed by atoms with Crippen LogP contribution in [0.3, 0.4) is 0 Å². The lowest BCUT2D eigenvalue weighted by molar-refractivity contribution is 0.732. The van der Waals surface area contributed by atoms with Crippen molar-refractivity contribution in [3.05, 3.63) is 118 Å². The second-order valence-electron chi connectivity index (χ2n) is 7.84. The van der Waals surface area contributed by atoms with Crippen LogP contribution < -0.4 is 4.90 Å². The van der Waals surface area contributed by atoms with E-state index in [1.165, 1.54) is 5.56 Å². The van der Waals surface area contributed by atoms with Gasteiger partial charge in [0.05, 0.1) is 12.9 Å². The van der Waals surface area contributed by atoms with Crippen LogP contribution in [0.4, 0.5) is 5.82 Å². The summed E-state index contributed by atoms with van der Waals surface area (Å²) in [7, 11) is 0. The second-order valence-corrected chi connectivity index (χ2v) is 8.71. The summed E-state index contributed by atoms with van der Waals surface area (Å²) < 4.78 is 2.01. The van der Waals surface area contributed by atoms with Crippen LogP contribution in [-0.4, -0.2) is 19.5 Å². The van der Waals surface area contributed by atoms with Crippen molar-refractivity contribution in [2.75, 3.05) is 4.90 Å². The third-order valence-corrected chi connectivity index (χ3v) is 5.95. The fraction of sp³-hybridized carbons (Fsp3) is 0.115. The Kier molecular flexibility index (Phi) is 6.24. The SMILES string of the molecule is Clc1ccc(CN(Cc2ccccc2)c2ncn(Cc3ccc(Cl)cc3)c3ncnc2-3)cc1. The standard InChI is InChI=1S/C26H21Cl2N5/c27-22-10-6-20(7-11-22)15-32(14-19-4-2-1-3-5-19)26-24-25(30-17-29-24)33(18-31-26)16-21-8-12-23(28)13-9-21/h1-13,17-18H,14-16H2. The summed E-state index contributed by atoms with van der Waals surface area (Å²) in [5, 5.41) is 1.44. The molecule has 0 fully saturated rings. The van der Waals surface area contributed by atoms with E-state index < -0.39 is 0 Å². The van der Waals surface area contributed by atoms with Crippen molar-refractivity contribution >= 4 is 29.0 Å². The van der Waals surface area contributed by atoms with Gasteiger partial charge in [-0.15, -0.1) is 0 Å². The Morgan fingerprint density at radius 3 is 1.94 bits per heavy atom. The van der Waals surface area contributed by atoms with Crippen LogP contribution in [0.5, 0.6) is 0 Å². The van der Waals surface area contributed by atoms with E-state index in [1.54, 1.807) is 6.33 Å². The summed E-state index contributed by atoms with van der Waals surface area (Å²) in [5.74, 6) is 1.60.